The molecule has 1 aliphatic rings. The average molecular weight is 289 g/mol. The number of hydrogen-bond donors (Lipinski definition) is 0. The molecular formula is C12H14BrFO2. The van der Waals surface area contributed by atoms with Gasteiger partial charge >= 0.3 is 0 Å². The molecule has 1 atom stereocenters. The Morgan fingerprint density at radius 1 is 1.44 bits per heavy atom. The topological polar surface area (TPSA) is 18.5 Å². The van der Waals surface area contributed by atoms with Gasteiger partial charge in [0.2, 0.25) is 0 Å². The van der Waals surface area contributed by atoms with Gasteiger partial charge < -0.3 is 9.47 Å². The Labute approximate surface area is 103 Å². The van der Waals surface area contributed by atoms with Gasteiger partial charge in [0.05, 0.1) is 11.1 Å². The molecule has 16 heavy (non-hydrogen) atoms. The Morgan fingerprint density at radius 3 is 2.94 bits per heavy atom. The zero-order valence-corrected chi connectivity index (χ0v) is 10.7. The summed E-state index contributed by atoms with van der Waals surface area (Å²) in [6.07, 6.45) is 2.82. The maximum Gasteiger partial charge on any atom is 0.199 e. The smallest absolute Gasteiger partial charge is 0.199 e. The van der Waals surface area contributed by atoms with Crippen molar-refractivity contribution in [2.45, 2.75) is 32.5 Å². The lowest BCUT2D eigenvalue weighted by molar-refractivity contribution is -0.106. The van der Waals surface area contributed by atoms with Gasteiger partial charge in [-0.25, -0.2) is 4.39 Å². The number of rotatable bonds is 2. The molecular weight excluding hydrogens is 275 g/mol. The Kier molecular flexibility index (Phi) is 3.82. The summed E-state index contributed by atoms with van der Waals surface area (Å²) in [5.74, 6) is 0.293. The average Bonchev–Trinajstić information content (AvgIpc) is 2.31. The van der Waals surface area contributed by atoms with Crippen molar-refractivity contribution < 1.29 is 13.9 Å². The second-order valence-electron chi connectivity index (χ2n) is 3.90. The van der Waals surface area contributed by atoms with Crippen LogP contribution in [0.4, 0.5) is 4.39 Å². The Balaban J connectivity index is 2.11. The molecule has 0 bridgehead atoms. The van der Waals surface area contributed by atoms with Crippen LogP contribution in [0.2, 0.25) is 0 Å². The number of benzene rings is 1. The SMILES string of the molecule is Cc1c(O[C@H]2CCCCO2)ccc(Br)c1F. The molecule has 4 heteroatoms. The van der Waals surface area contributed by atoms with Crippen LogP contribution in [-0.2, 0) is 4.74 Å². The summed E-state index contributed by atoms with van der Waals surface area (Å²) < 4.78 is 25.1. The van der Waals surface area contributed by atoms with Gasteiger partial charge in [-0.15, -0.1) is 0 Å². The second-order valence-corrected chi connectivity index (χ2v) is 4.75. The molecule has 2 rings (SSSR count). The fourth-order valence-corrected chi connectivity index (χ4v) is 2.14. The van der Waals surface area contributed by atoms with Crippen molar-refractivity contribution in [3.8, 4) is 5.75 Å². The van der Waals surface area contributed by atoms with Crippen molar-refractivity contribution in [2.75, 3.05) is 6.61 Å². The predicted octanol–water partition coefficient (Wildman–Crippen LogP) is 3.80. The number of halogens is 2. The zero-order chi connectivity index (χ0) is 11.5. The van der Waals surface area contributed by atoms with Gasteiger partial charge in [-0.05, 0) is 47.8 Å². The second kappa shape index (κ2) is 5.15. The number of ether oxygens (including phenoxy) is 2. The predicted molar refractivity (Wildman–Crippen MR) is 63.1 cm³/mol. The summed E-state index contributed by atoms with van der Waals surface area (Å²) in [7, 11) is 0. The highest BCUT2D eigenvalue weighted by Crippen LogP contribution is 2.28. The molecule has 2 nitrogen and oxygen atoms in total. The van der Waals surface area contributed by atoms with E-state index in [4.69, 9.17) is 9.47 Å². The van der Waals surface area contributed by atoms with E-state index in [-0.39, 0.29) is 12.1 Å². The highest BCUT2D eigenvalue weighted by atomic mass is 79.9. The largest absolute Gasteiger partial charge is 0.465 e. The van der Waals surface area contributed by atoms with E-state index in [0.29, 0.717) is 15.8 Å². The van der Waals surface area contributed by atoms with Crippen LogP contribution in [0, 0.1) is 12.7 Å². The lowest BCUT2D eigenvalue weighted by Crippen LogP contribution is -2.25. The fourth-order valence-electron chi connectivity index (χ4n) is 1.71. The summed E-state index contributed by atoms with van der Waals surface area (Å²) in [5, 5.41) is 0. The van der Waals surface area contributed by atoms with E-state index in [1.54, 1.807) is 19.1 Å². The van der Waals surface area contributed by atoms with Crippen molar-refractivity contribution in [3.63, 3.8) is 0 Å². The lowest BCUT2D eigenvalue weighted by Gasteiger charge is -2.24. The number of hydrogen-bond acceptors (Lipinski definition) is 2. The van der Waals surface area contributed by atoms with Gasteiger partial charge in [0.1, 0.15) is 11.6 Å². The highest BCUT2D eigenvalue weighted by Gasteiger charge is 2.17. The maximum atomic E-state index is 13.6. The van der Waals surface area contributed by atoms with Crippen LogP contribution in [0.25, 0.3) is 0 Å². The van der Waals surface area contributed by atoms with E-state index in [9.17, 15) is 4.39 Å². The van der Waals surface area contributed by atoms with Crippen LogP contribution in [0.15, 0.2) is 16.6 Å². The van der Waals surface area contributed by atoms with Gasteiger partial charge in [-0.3, -0.25) is 0 Å². The third kappa shape index (κ3) is 2.55. The standard InChI is InChI=1S/C12H14BrFO2/c1-8-10(6-5-9(13)12(8)14)16-11-4-2-3-7-15-11/h5-6,11H,2-4,7H2,1H3/t11-/m0/s1. The minimum Gasteiger partial charge on any atom is -0.465 e. The fraction of sp³-hybridized carbons (Fsp3) is 0.500. The third-order valence-electron chi connectivity index (χ3n) is 2.69. The van der Waals surface area contributed by atoms with E-state index in [1.807, 2.05) is 0 Å². The first-order chi connectivity index (χ1) is 7.68. The summed E-state index contributed by atoms with van der Waals surface area (Å²) in [5.41, 5.74) is 0.517. The molecule has 88 valence electrons. The third-order valence-corrected chi connectivity index (χ3v) is 3.30. The first kappa shape index (κ1) is 11.9. The molecule has 1 saturated heterocycles. The first-order valence-corrected chi connectivity index (χ1v) is 6.20. The molecule has 1 heterocycles. The van der Waals surface area contributed by atoms with Crippen LogP contribution in [-0.4, -0.2) is 12.9 Å². The highest BCUT2D eigenvalue weighted by molar-refractivity contribution is 9.10. The van der Waals surface area contributed by atoms with E-state index >= 15 is 0 Å². The molecule has 0 amide bonds. The molecule has 0 unspecified atom stereocenters. The Morgan fingerprint density at radius 2 is 2.25 bits per heavy atom. The van der Waals surface area contributed by atoms with Crippen LogP contribution >= 0.6 is 15.9 Å². The molecule has 1 aromatic carbocycles. The van der Waals surface area contributed by atoms with Crippen LogP contribution in [0.3, 0.4) is 0 Å². The zero-order valence-electron chi connectivity index (χ0n) is 9.13. The summed E-state index contributed by atoms with van der Waals surface area (Å²) in [6, 6.07) is 3.42. The van der Waals surface area contributed by atoms with Crippen LogP contribution in [0.1, 0.15) is 24.8 Å². The summed E-state index contributed by atoms with van der Waals surface area (Å²) in [6.45, 7) is 2.43. The summed E-state index contributed by atoms with van der Waals surface area (Å²) >= 11 is 3.14. The lowest BCUT2D eigenvalue weighted by atomic mass is 10.2. The van der Waals surface area contributed by atoms with Gasteiger partial charge in [-0.2, -0.15) is 0 Å². The van der Waals surface area contributed by atoms with Crippen molar-refractivity contribution in [1.82, 2.24) is 0 Å². The van der Waals surface area contributed by atoms with E-state index < -0.39 is 0 Å². The van der Waals surface area contributed by atoms with Crippen molar-refractivity contribution in [3.05, 3.63) is 28.0 Å². The minimum absolute atomic E-state index is 0.229. The minimum atomic E-state index is -0.270. The van der Waals surface area contributed by atoms with Gasteiger partial charge in [-0.1, -0.05) is 0 Å². The first-order valence-electron chi connectivity index (χ1n) is 5.41. The molecule has 1 aliphatic heterocycles. The van der Waals surface area contributed by atoms with Gasteiger partial charge in [0.15, 0.2) is 6.29 Å². The van der Waals surface area contributed by atoms with Crippen LogP contribution < -0.4 is 4.74 Å². The summed E-state index contributed by atoms with van der Waals surface area (Å²) in [4.78, 5) is 0. The normalized spacial score (nSPS) is 20.8. The molecule has 1 aromatic rings. The van der Waals surface area contributed by atoms with Gasteiger partial charge in [0, 0.05) is 12.0 Å². The maximum absolute atomic E-state index is 13.6. The molecule has 0 saturated carbocycles. The molecule has 0 spiro atoms. The van der Waals surface area contributed by atoms with Crippen LogP contribution in [0.5, 0.6) is 5.75 Å². The Bertz CT molecular complexity index is 376. The van der Waals surface area contributed by atoms with Crippen molar-refractivity contribution in [1.29, 1.82) is 0 Å². The molecule has 0 N–H and O–H groups in total. The molecule has 1 fully saturated rings. The molecule has 0 aromatic heterocycles. The monoisotopic (exact) mass is 288 g/mol. The van der Waals surface area contributed by atoms with E-state index in [2.05, 4.69) is 15.9 Å². The molecule has 0 aliphatic carbocycles. The van der Waals surface area contributed by atoms with Crippen molar-refractivity contribution >= 4 is 15.9 Å². The Hall–Kier alpha value is -0.610. The van der Waals surface area contributed by atoms with Gasteiger partial charge in [0.25, 0.3) is 0 Å². The van der Waals surface area contributed by atoms with E-state index in [0.717, 1.165) is 25.9 Å². The quantitative estimate of drug-likeness (QED) is 0.824. The molecule has 0 radical (unpaired) electrons. The van der Waals surface area contributed by atoms with E-state index in [1.165, 1.54) is 0 Å². The van der Waals surface area contributed by atoms with Crippen molar-refractivity contribution in [2.24, 2.45) is 0 Å².